The second-order valence-electron chi connectivity index (χ2n) is 24.0. The summed E-state index contributed by atoms with van der Waals surface area (Å²) in [5.74, 6) is -4.48. The van der Waals surface area contributed by atoms with Crippen LogP contribution in [0.1, 0.15) is 32.1 Å². The van der Waals surface area contributed by atoms with Crippen molar-refractivity contribution in [2.45, 2.75) is 44.3 Å². The molecule has 0 aromatic carbocycles. The van der Waals surface area contributed by atoms with E-state index in [1.165, 1.54) is 12.2 Å². The van der Waals surface area contributed by atoms with Gasteiger partial charge in [0.15, 0.2) is 0 Å². The summed E-state index contributed by atoms with van der Waals surface area (Å²) >= 11 is 0. The highest BCUT2D eigenvalue weighted by molar-refractivity contribution is 6.13. The maximum atomic E-state index is 12.9. The lowest BCUT2D eigenvalue weighted by molar-refractivity contribution is -0.192. The molecule has 1 aliphatic rings. The van der Waals surface area contributed by atoms with Gasteiger partial charge in [0.2, 0.25) is 17.7 Å². The van der Waals surface area contributed by atoms with Crippen molar-refractivity contribution in [3.05, 3.63) is 12.2 Å². The molecule has 40 nitrogen and oxygen atoms in total. The highest BCUT2D eigenvalue weighted by atomic mass is 19.4. The Morgan fingerprint density at radius 1 is 0.331 bits per heavy atom. The third-order valence-corrected chi connectivity index (χ3v) is 14.6. The smallest absolute Gasteiger partial charge is 0.475 e. The van der Waals surface area contributed by atoms with Crippen LogP contribution < -0.4 is 21.7 Å². The molecule has 43 heteroatoms. The minimum atomic E-state index is -5.08. The molecule has 5 amide bonds. The summed E-state index contributed by atoms with van der Waals surface area (Å²) in [7, 11) is 1.64. The molecule has 0 aromatic rings. The van der Waals surface area contributed by atoms with Crippen LogP contribution in [0.4, 0.5) is 13.2 Å². The van der Waals surface area contributed by atoms with Crippen LogP contribution in [0.2, 0.25) is 0 Å². The number of hydrogen-bond donors (Lipinski definition) is 5. The van der Waals surface area contributed by atoms with Crippen LogP contribution in [0.3, 0.4) is 0 Å². The van der Waals surface area contributed by atoms with E-state index in [1.807, 2.05) is 0 Å². The molecule has 0 saturated carbocycles. The molecule has 1 atom stereocenters. The molecule has 0 bridgehead atoms. The Hall–Kier alpha value is -4.61. The Morgan fingerprint density at radius 2 is 0.542 bits per heavy atom. The number of nitrogens with zero attached hydrogens (tertiary/aromatic N) is 1. The van der Waals surface area contributed by atoms with Crippen LogP contribution in [-0.4, -0.2) is 454 Å². The maximum absolute atomic E-state index is 12.9. The average Bonchev–Trinajstić information content (AvgIpc) is 1.75. The van der Waals surface area contributed by atoms with Gasteiger partial charge in [-0.2, -0.15) is 13.2 Å². The van der Waals surface area contributed by atoms with Crippen molar-refractivity contribution in [1.29, 1.82) is 0 Å². The number of alkyl halides is 3. The van der Waals surface area contributed by atoms with Crippen LogP contribution in [0.5, 0.6) is 0 Å². The van der Waals surface area contributed by atoms with Crippen LogP contribution in [-0.2, 0) is 161 Å². The van der Waals surface area contributed by atoms with Gasteiger partial charge >= 0.3 is 12.1 Å². The van der Waals surface area contributed by atoms with Crippen molar-refractivity contribution in [3.63, 3.8) is 0 Å². The lowest BCUT2D eigenvalue weighted by Crippen LogP contribution is -2.47. The number of carboxylic acids is 1. The zero-order valence-electron chi connectivity index (χ0n) is 69.5. The van der Waals surface area contributed by atoms with Gasteiger partial charge in [-0.15, -0.1) is 0 Å². The summed E-state index contributed by atoms with van der Waals surface area (Å²) in [5.41, 5.74) is 5.65. The Balaban J connectivity index is 0.0000186. The van der Waals surface area contributed by atoms with E-state index in [4.69, 9.17) is 148 Å². The fourth-order valence-corrected chi connectivity index (χ4v) is 8.62. The Kier molecular flexibility index (Phi) is 89.5. The van der Waals surface area contributed by atoms with Gasteiger partial charge < -0.3 is 159 Å². The molecule has 0 spiro atoms. The molecular weight excluding hydrogens is 1590 g/mol. The molecule has 118 heavy (non-hydrogen) atoms. The molecule has 0 radical (unpaired) electrons. The summed E-state index contributed by atoms with van der Waals surface area (Å²) in [6.45, 7) is 25.5. The topological polar surface area (TPSA) is 446 Å². The highest BCUT2D eigenvalue weighted by Crippen LogP contribution is 2.13. The van der Waals surface area contributed by atoms with Crippen LogP contribution in [0, 0.1) is 0 Å². The van der Waals surface area contributed by atoms with Crippen LogP contribution in [0.25, 0.3) is 0 Å². The number of carbonyl (C=O) groups excluding carboxylic acids is 5. The number of unbranched alkanes of at least 4 members (excludes halogenated alkanes) is 1. The van der Waals surface area contributed by atoms with E-state index in [0.717, 1.165) is 11.3 Å². The zero-order valence-corrected chi connectivity index (χ0v) is 69.5. The van der Waals surface area contributed by atoms with E-state index in [9.17, 15) is 37.1 Å². The first-order valence-electron chi connectivity index (χ1n) is 40.3. The second kappa shape index (κ2) is 93.1. The van der Waals surface area contributed by atoms with E-state index in [-0.39, 0.29) is 76.6 Å². The van der Waals surface area contributed by atoms with Crippen molar-refractivity contribution >= 4 is 35.5 Å². The third kappa shape index (κ3) is 87.7. The summed E-state index contributed by atoms with van der Waals surface area (Å²) in [5, 5.41) is 15.4. The summed E-state index contributed by atoms with van der Waals surface area (Å²) in [4.78, 5) is 70.5. The number of nitrogens with one attached hydrogen (secondary N) is 3. The van der Waals surface area contributed by atoms with Gasteiger partial charge in [-0.3, -0.25) is 28.9 Å². The van der Waals surface area contributed by atoms with E-state index in [0.29, 0.717) is 356 Å². The fourth-order valence-electron chi connectivity index (χ4n) is 8.62. The van der Waals surface area contributed by atoms with Gasteiger partial charge in [0.05, 0.1) is 363 Å². The molecule has 1 aliphatic heterocycles. The van der Waals surface area contributed by atoms with Crippen molar-refractivity contribution in [3.8, 4) is 0 Å². The predicted molar refractivity (Wildman–Crippen MR) is 414 cm³/mol. The van der Waals surface area contributed by atoms with Gasteiger partial charge in [-0.1, -0.05) is 0 Å². The van der Waals surface area contributed by atoms with Crippen molar-refractivity contribution in [2.24, 2.45) is 5.73 Å². The number of ether oxygens (including phenoxy) is 28. The zero-order chi connectivity index (χ0) is 85.7. The third-order valence-electron chi connectivity index (χ3n) is 14.6. The van der Waals surface area contributed by atoms with Gasteiger partial charge in [0.25, 0.3) is 11.8 Å². The van der Waals surface area contributed by atoms with E-state index in [1.54, 1.807) is 7.11 Å². The lowest BCUT2D eigenvalue weighted by atomic mass is 10.1. The standard InChI is InChI=1S/C73H139N5O33.C2HF3O2/c1-84-16-17-88-24-25-92-30-31-94-34-35-96-38-39-98-42-43-100-46-47-102-50-51-104-54-55-106-58-59-108-62-63-110-66-67-111-65-64-109-61-60-107-57-56-105-53-52-103-49-48-101-45-44-99-41-40-97-37-36-95-33-32-93-29-28-91-23-20-87-15-11-76-73(83)68(4-2-3-9-74)77-70(80)8-13-85-18-21-89-26-27-90-22-19-86-14-10-75-69(79)7-12-78-71(81)5-6-72(78)82;3-2(4,5)1(6)7/h5-6,68H,2-4,7-67,74H2,1H3,(H,75,79)(H,76,83)(H,77,80);(H,6,7). The molecule has 0 fully saturated rings. The molecule has 696 valence electrons. The summed E-state index contributed by atoms with van der Waals surface area (Å²) in [6, 6.07) is -0.708. The SMILES string of the molecule is COCCOCCOCCOCCOCCOCCOCCOCCOCCOCCOCCOCCOCCOCCOCCOCCOCCOCCOCCOCCOCCOCCOCCOCCNC(=O)C(CCCCN)NC(=O)CCOCCOCCOCCOCCNC(=O)CCN1C(=O)C=CC1=O.O=C(O)C(F)(F)F. The maximum Gasteiger partial charge on any atom is 0.490 e. The number of rotatable bonds is 96. The number of carboxylic acid groups (broad SMARTS) is 1. The van der Waals surface area contributed by atoms with Crippen LogP contribution in [0.15, 0.2) is 12.2 Å². The van der Waals surface area contributed by atoms with E-state index in [2.05, 4.69) is 16.0 Å². The van der Waals surface area contributed by atoms with Gasteiger partial charge in [-0.25, -0.2) is 4.79 Å². The minimum absolute atomic E-state index is 0.0194. The monoisotopic (exact) mass is 1730 g/mol. The molecule has 0 aromatic heterocycles. The first kappa shape index (κ1) is 113. The van der Waals surface area contributed by atoms with Crippen LogP contribution >= 0.6 is 0 Å². The van der Waals surface area contributed by atoms with Gasteiger partial charge in [0.1, 0.15) is 6.04 Å². The van der Waals surface area contributed by atoms with Crippen molar-refractivity contribution in [2.75, 3.05) is 397 Å². The molecule has 1 rings (SSSR count). The largest absolute Gasteiger partial charge is 0.490 e. The number of aliphatic carboxylic acids is 1. The molecule has 1 heterocycles. The first-order chi connectivity index (χ1) is 57.8. The number of amides is 5. The normalized spacial score (nSPS) is 12.5. The molecular formula is C75H140F3N5O35. The van der Waals surface area contributed by atoms with E-state index >= 15 is 0 Å². The van der Waals surface area contributed by atoms with Gasteiger partial charge in [0, 0.05) is 51.7 Å². The first-order valence-corrected chi connectivity index (χ1v) is 40.3. The predicted octanol–water partition coefficient (Wildman–Crippen LogP) is -0.734. The molecule has 0 aliphatic carbocycles. The highest BCUT2D eigenvalue weighted by Gasteiger charge is 2.38. The number of nitrogens with two attached hydrogens (primary N) is 1. The quantitative estimate of drug-likeness (QED) is 0.0370. The summed E-state index contributed by atoms with van der Waals surface area (Å²) in [6.07, 6.45) is -0.774. The molecule has 6 N–H and O–H groups in total. The second-order valence-corrected chi connectivity index (χ2v) is 24.0. The number of halogens is 3. The summed E-state index contributed by atoms with van der Waals surface area (Å²) < 4.78 is 185. The molecule has 1 unspecified atom stereocenters. The van der Waals surface area contributed by atoms with E-state index < -0.39 is 30.0 Å². The Bertz CT molecular complexity index is 2230. The average molecular weight is 1730 g/mol. The number of hydrogen-bond acceptors (Lipinski definition) is 35. The Morgan fingerprint density at radius 3 is 0.763 bits per heavy atom. The minimum Gasteiger partial charge on any atom is -0.475 e. The fraction of sp³-hybridized carbons (Fsp3) is 0.893. The molecule has 0 saturated heterocycles. The number of imide groups is 1. The number of carbonyl (C=O) groups is 6. The Labute approximate surface area is 692 Å². The van der Waals surface area contributed by atoms with Gasteiger partial charge in [-0.05, 0) is 25.8 Å². The van der Waals surface area contributed by atoms with Crippen molar-refractivity contribution in [1.82, 2.24) is 20.9 Å². The number of methoxy groups -OCH3 is 1. The lowest BCUT2D eigenvalue weighted by Gasteiger charge is -2.18. The van der Waals surface area contributed by atoms with Crippen molar-refractivity contribution < 1.29 is 180 Å².